The van der Waals surface area contributed by atoms with Crippen molar-refractivity contribution in [2.45, 2.75) is 37.9 Å². The molecular formula is C25H29N5O. The van der Waals surface area contributed by atoms with Crippen LogP contribution in [0.3, 0.4) is 0 Å². The lowest BCUT2D eigenvalue weighted by Crippen LogP contribution is -2.51. The van der Waals surface area contributed by atoms with Crippen LogP contribution in [0.5, 0.6) is 0 Å². The van der Waals surface area contributed by atoms with Gasteiger partial charge in [-0.1, -0.05) is 18.2 Å². The Morgan fingerprint density at radius 3 is 2.90 bits per heavy atom. The quantitative estimate of drug-likeness (QED) is 0.698. The number of benzene rings is 1. The number of hydrogen-bond acceptors (Lipinski definition) is 5. The maximum absolute atomic E-state index is 12.6. The minimum absolute atomic E-state index is 0.00193. The van der Waals surface area contributed by atoms with Crippen LogP contribution in [-0.4, -0.2) is 46.7 Å². The molecule has 1 unspecified atom stereocenters. The van der Waals surface area contributed by atoms with Gasteiger partial charge in [0.25, 0.3) is 5.56 Å². The standard InChI is InChI=1S/C25H29N5O/c1-16-13-29(22-11-24(31)28(2)25-21(22)4-3-8-27-25)15-23-20-6-5-17(18-7-9-26-12-18)10-19(20)14-30(16)23/h3-6,8,10-11,16,18,23,26H,7,9,12-15H2,1-2H3/t16-,18?,23-/m1/s1. The molecule has 3 atom stereocenters. The number of aromatic nitrogens is 2. The van der Waals surface area contributed by atoms with Crippen LogP contribution in [0, 0.1) is 0 Å². The molecule has 6 nitrogen and oxygen atoms in total. The molecule has 3 aliphatic heterocycles. The molecule has 1 aromatic carbocycles. The second-order valence-electron chi connectivity index (χ2n) is 9.39. The fraction of sp³-hybridized carbons (Fsp3) is 0.440. The lowest BCUT2D eigenvalue weighted by atomic mass is 9.93. The molecule has 0 amide bonds. The Morgan fingerprint density at radius 2 is 2.06 bits per heavy atom. The molecule has 6 heteroatoms. The van der Waals surface area contributed by atoms with E-state index in [0.29, 0.717) is 18.0 Å². The number of fused-ring (bicyclic) bond motifs is 4. The first-order valence-electron chi connectivity index (χ1n) is 11.4. The average Bonchev–Trinajstić information content (AvgIpc) is 3.44. The van der Waals surface area contributed by atoms with Crippen molar-refractivity contribution in [2.24, 2.45) is 7.05 Å². The van der Waals surface area contributed by atoms with Crippen LogP contribution in [0.15, 0.2) is 47.4 Å². The molecule has 3 aliphatic rings. The van der Waals surface area contributed by atoms with Crippen LogP contribution in [0.25, 0.3) is 11.0 Å². The molecular weight excluding hydrogens is 386 g/mol. The van der Waals surface area contributed by atoms with Gasteiger partial charge >= 0.3 is 0 Å². The van der Waals surface area contributed by atoms with Crippen LogP contribution in [0.1, 0.15) is 42.0 Å². The summed E-state index contributed by atoms with van der Waals surface area (Å²) < 4.78 is 1.64. The zero-order valence-electron chi connectivity index (χ0n) is 18.2. The molecule has 2 aromatic heterocycles. The number of hydrogen-bond donors (Lipinski definition) is 1. The fourth-order valence-corrected chi connectivity index (χ4v) is 5.86. The van der Waals surface area contributed by atoms with Gasteiger partial charge in [0.2, 0.25) is 0 Å². The number of anilines is 1. The van der Waals surface area contributed by atoms with Crippen LogP contribution < -0.4 is 15.8 Å². The molecule has 2 fully saturated rings. The third kappa shape index (κ3) is 3.00. The Hall–Kier alpha value is -2.70. The molecule has 1 N–H and O–H groups in total. The van der Waals surface area contributed by atoms with Crippen molar-refractivity contribution in [3.05, 3.63) is 69.6 Å². The molecule has 0 spiro atoms. The maximum atomic E-state index is 12.6. The van der Waals surface area contributed by atoms with Crippen molar-refractivity contribution < 1.29 is 0 Å². The molecule has 3 aromatic rings. The molecule has 0 saturated carbocycles. The van der Waals surface area contributed by atoms with E-state index in [4.69, 9.17) is 0 Å². The highest BCUT2D eigenvalue weighted by Crippen LogP contribution is 2.41. The second-order valence-corrected chi connectivity index (χ2v) is 9.39. The SMILES string of the molecule is C[C@@H]1CN(c2cc(=O)n(C)c3ncccc23)C[C@@H]2c3ccc(C4CCNC4)cc3CN12. The van der Waals surface area contributed by atoms with E-state index in [1.807, 2.05) is 6.07 Å². The Balaban J connectivity index is 1.37. The summed E-state index contributed by atoms with van der Waals surface area (Å²) in [5.74, 6) is 0.649. The van der Waals surface area contributed by atoms with E-state index < -0.39 is 0 Å². The Kier molecular flexibility index (Phi) is 4.40. The lowest BCUT2D eigenvalue weighted by Gasteiger charge is -2.43. The number of nitrogens with zero attached hydrogens (tertiary/aromatic N) is 4. The van der Waals surface area contributed by atoms with Crippen LogP contribution >= 0.6 is 0 Å². The van der Waals surface area contributed by atoms with Crippen LogP contribution in [-0.2, 0) is 13.6 Å². The predicted molar refractivity (Wildman–Crippen MR) is 124 cm³/mol. The summed E-state index contributed by atoms with van der Waals surface area (Å²) in [5.41, 5.74) is 6.19. The van der Waals surface area contributed by atoms with Gasteiger partial charge in [0.15, 0.2) is 0 Å². The highest BCUT2D eigenvalue weighted by molar-refractivity contribution is 5.89. The third-order valence-corrected chi connectivity index (χ3v) is 7.57. The molecule has 0 aliphatic carbocycles. The van der Waals surface area contributed by atoms with Gasteiger partial charge in [0.1, 0.15) is 5.65 Å². The first kappa shape index (κ1) is 19.0. The zero-order chi connectivity index (χ0) is 21.1. The topological polar surface area (TPSA) is 53.4 Å². The number of piperazine rings is 1. The van der Waals surface area contributed by atoms with E-state index in [-0.39, 0.29) is 5.56 Å². The summed E-state index contributed by atoms with van der Waals surface area (Å²) in [6.07, 6.45) is 3.00. The summed E-state index contributed by atoms with van der Waals surface area (Å²) in [5, 5.41) is 4.54. The van der Waals surface area contributed by atoms with Gasteiger partial charge in [-0.05, 0) is 54.6 Å². The Bertz CT molecular complexity index is 1210. The Labute approximate surface area is 182 Å². The number of aryl methyl sites for hydroxylation is 1. The largest absolute Gasteiger partial charge is 0.367 e. The van der Waals surface area contributed by atoms with Gasteiger partial charge in [-0.15, -0.1) is 0 Å². The summed E-state index contributed by atoms with van der Waals surface area (Å²) in [7, 11) is 1.80. The van der Waals surface area contributed by atoms with Gasteiger partial charge < -0.3 is 10.2 Å². The summed E-state index contributed by atoms with van der Waals surface area (Å²) in [6, 6.07) is 13.8. The maximum Gasteiger partial charge on any atom is 0.253 e. The molecule has 2 saturated heterocycles. The first-order valence-corrected chi connectivity index (χ1v) is 11.4. The van der Waals surface area contributed by atoms with Crippen LogP contribution in [0.4, 0.5) is 5.69 Å². The van der Waals surface area contributed by atoms with E-state index in [0.717, 1.165) is 49.4 Å². The molecule has 5 heterocycles. The van der Waals surface area contributed by atoms with E-state index in [1.165, 1.54) is 23.1 Å². The van der Waals surface area contributed by atoms with E-state index in [2.05, 4.69) is 51.3 Å². The molecule has 0 bridgehead atoms. The Morgan fingerprint density at radius 1 is 1.16 bits per heavy atom. The predicted octanol–water partition coefficient (Wildman–Crippen LogP) is 2.78. The summed E-state index contributed by atoms with van der Waals surface area (Å²) in [4.78, 5) is 22.2. The van der Waals surface area contributed by atoms with Crippen molar-refractivity contribution in [3.63, 3.8) is 0 Å². The molecule has 0 radical (unpaired) electrons. The first-order chi connectivity index (χ1) is 15.1. The normalized spacial score (nSPS) is 25.7. The highest BCUT2D eigenvalue weighted by Gasteiger charge is 2.39. The minimum Gasteiger partial charge on any atom is -0.367 e. The van der Waals surface area contributed by atoms with E-state index >= 15 is 0 Å². The lowest BCUT2D eigenvalue weighted by molar-refractivity contribution is 0.134. The zero-order valence-corrected chi connectivity index (χ0v) is 18.2. The van der Waals surface area contributed by atoms with Crippen molar-refractivity contribution in [3.8, 4) is 0 Å². The van der Waals surface area contributed by atoms with Crippen molar-refractivity contribution in [1.82, 2.24) is 19.8 Å². The van der Waals surface area contributed by atoms with Gasteiger partial charge in [-0.25, -0.2) is 4.98 Å². The molecule has 6 rings (SSSR count). The van der Waals surface area contributed by atoms with Gasteiger partial charge in [0.05, 0.1) is 11.7 Å². The van der Waals surface area contributed by atoms with Gasteiger partial charge in [-0.3, -0.25) is 14.3 Å². The van der Waals surface area contributed by atoms with Crippen molar-refractivity contribution >= 4 is 16.7 Å². The number of rotatable bonds is 2. The number of nitrogens with one attached hydrogen (secondary N) is 1. The summed E-state index contributed by atoms with van der Waals surface area (Å²) in [6.45, 7) is 7.39. The second kappa shape index (κ2) is 7.18. The van der Waals surface area contributed by atoms with Gasteiger partial charge in [-0.2, -0.15) is 0 Å². The smallest absolute Gasteiger partial charge is 0.253 e. The fourth-order valence-electron chi connectivity index (χ4n) is 5.86. The number of pyridine rings is 2. The van der Waals surface area contributed by atoms with Crippen molar-refractivity contribution in [2.75, 3.05) is 31.1 Å². The van der Waals surface area contributed by atoms with E-state index in [1.54, 1.807) is 23.9 Å². The summed E-state index contributed by atoms with van der Waals surface area (Å²) >= 11 is 0. The van der Waals surface area contributed by atoms with Crippen molar-refractivity contribution in [1.29, 1.82) is 0 Å². The monoisotopic (exact) mass is 415 g/mol. The van der Waals surface area contributed by atoms with E-state index in [9.17, 15) is 4.79 Å². The highest BCUT2D eigenvalue weighted by atomic mass is 16.1. The average molecular weight is 416 g/mol. The molecule has 160 valence electrons. The van der Waals surface area contributed by atoms with Crippen LogP contribution in [0.2, 0.25) is 0 Å². The van der Waals surface area contributed by atoms with Gasteiger partial charge in [0, 0.05) is 56.9 Å². The molecule has 31 heavy (non-hydrogen) atoms. The third-order valence-electron chi connectivity index (χ3n) is 7.57. The minimum atomic E-state index is -0.00193.